The van der Waals surface area contributed by atoms with Crippen molar-refractivity contribution in [2.24, 2.45) is 5.92 Å². The molecule has 3 nitrogen and oxygen atoms in total. The molecule has 0 aromatic carbocycles. The van der Waals surface area contributed by atoms with Crippen molar-refractivity contribution in [3.8, 4) is 0 Å². The van der Waals surface area contributed by atoms with Crippen LogP contribution in [0, 0.1) is 5.92 Å². The number of carboxylic acid groups (broad SMARTS) is 1. The zero-order chi connectivity index (χ0) is 9.84. The lowest BCUT2D eigenvalue weighted by Crippen LogP contribution is -2.39. The van der Waals surface area contributed by atoms with Gasteiger partial charge < -0.3 is 10.0 Å². The van der Waals surface area contributed by atoms with Gasteiger partial charge in [-0.15, -0.1) is 0 Å². The van der Waals surface area contributed by atoms with E-state index >= 15 is 0 Å². The van der Waals surface area contributed by atoms with Gasteiger partial charge in [0, 0.05) is 6.04 Å². The smallest absolute Gasteiger partial charge is 0.307 e. The molecule has 2 atom stereocenters. The molecule has 1 fully saturated rings. The first-order valence-corrected chi connectivity index (χ1v) is 5.06. The predicted octanol–water partition coefficient (Wildman–Crippen LogP) is 1.58. The van der Waals surface area contributed by atoms with Crippen LogP contribution in [0.4, 0.5) is 0 Å². The zero-order valence-electron chi connectivity index (χ0n) is 8.49. The third-order valence-electron chi connectivity index (χ3n) is 3.04. The minimum atomic E-state index is -0.668. The predicted molar refractivity (Wildman–Crippen MR) is 51.7 cm³/mol. The molecule has 1 aliphatic rings. The lowest BCUT2D eigenvalue weighted by molar-refractivity contribution is -0.143. The molecule has 2 unspecified atom stereocenters. The number of rotatable bonds is 2. The summed E-state index contributed by atoms with van der Waals surface area (Å²) in [6.45, 7) is 2.86. The Morgan fingerprint density at radius 2 is 2.15 bits per heavy atom. The molecule has 1 rings (SSSR count). The molecule has 1 saturated heterocycles. The van der Waals surface area contributed by atoms with E-state index in [4.69, 9.17) is 5.11 Å². The molecule has 13 heavy (non-hydrogen) atoms. The summed E-state index contributed by atoms with van der Waals surface area (Å²) in [5, 5.41) is 8.92. The maximum atomic E-state index is 10.8. The summed E-state index contributed by atoms with van der Waals surface area (Å²) < 4.78 is 0. The molecule has 0 amide bonds. The summed E-state index contributed by atoms with van der Waals surface area (Å²) in [5.41, 5.74) is 0. The summed E-state index contributed by atoms with van der Waals surface area (Å²) in [6, 6.07) is 0.236. The number of likely N-dealkylation sites (tertiary alicyclic amines) is 1. The molecule has 0 aliphatic carbocycles. The highest BCUT2D eigenvalue weighted by molar-refractivity contribution is 5.70. The molecular weight excluding hydrogens is 166 g/mol. The first-order chi connectivity index (χ1) is 6.13. The Balaban J connectivity index is 2.58. The molecule has 0 radical (unpaired) electrons. The van der Waals surface area contributed by atoms with Crippen molar-refractivity contribution >= 4 is 5.97 Å². The summed E-state index contributed by atoms with van der Waals surface area (Å²) in [4.78, 5) is 13.0. The van der Waals surface area contributed by atoms with E-state index < -0.39 is 5.97 Å². The largest absolute Gasteiger partial charge is 0.481 e. The normalized spacial score (nSPS) is 28.0. The Morgan fingerprint density at radius 3 is 2.77 bits per heavy atom. The molecule has 1 aliphatic heterocycles. The van der Waals surface area contributed by atoms with Crippen molar-refractivity contribution in [1.29, 1.82) is 0 Å². The number of hydrogen-bond donors (Lipinski definition) is 1. The van der Waals surface area contributed by atoms with Crippen molar-refractivity contribution in [2.45, 2.75) is 38.6 Å². The SMILES string of the molecule is CC(C(=O)O)C1CCCCCN1C. The van der Waals surface area contributed by atoms with Crippen LogP contribution in [0.15, 0.2) is 0 Å². The standard InChI is InChI=1S/C10H19NO2/c1-8(10(12)13)9-6-4-3-5-7-11(9)2/h8-9H,3-7H2,1-2H3,(H,12,13). The van der Waals surface area contributed by atoms with Gasteiger partial charge in [0.25, 0.3) is 0 Å². The first kappa shape index (κ1) is 10.5. The molecule has 76 valence electrons. The van der Waals surface area contributed by atoms with Crippen LogP contribution in [0.25, 0.3) is 0 Å². The van der Waals surface area contributed by atoms with Gasteiger partial charge in [0.1, 0.15) is 0 Å². The van der Waals surface area contributed by atoms with Gasteiger partial charge in [-0.3, -0.25) is 4.79 Å². The van der Waals surface area contributed by atoms with E-state index in [1.165, 1.54) is 19.3 Å². The van der Waals surface area contributed by atoms with Crippen LogP contribution < -0.4 is 0 Å². The Kier molecular flexibility index (Phi) is 3.72. The summed E-state index contributed by atoms with van der Waals surface area (Å²) in [5.74, 6) is -0.901. The number of aliphatic carboxylic acids is 1. The fourth-order valence-corrected chi connectivity index (χ4v) is 2.07. The second-order valence-electron chi connectivity index (χ2n) is 4.02. The minimum absolute atomic E-state index is 0.233. The number of nitrogens with zero attached hydrogens (tertiary/aromatic N) is 1. The van der Waals surface area contributed by atoms with E-state index in [1.807, 2.05) is 14.0 Å². The van der Waals surface area contributed by atoms with Crippen LogP contribution in [0.2, 0.25) is 0 Å². The molecule has 3 heteroatoms. The average Bonchev–Trinajstić information content (AvgIpc) is 2.28. The van der Waals surface area contributed by atoms with Crippen LogP contribution in [0.1, 0.15) is 32.6 Å². The number of carbonyl (C=O) groups is 1. The van der Waals surface area contributed by atoms with Crippen molar-refractivity contribution in [1.82, 2.24) is 4.90 Å². The van der Waals surface area contributed by atoms with Crippen LogP contribution in [-0.4, -0.2) is 35.6 Å². The third kappa shape index (κ3) is 2.69. The molecule has 0 saturated carbocycles. The van der Waals surface area contributed by atoms with Gasteiger partial charge in [0.05, 0.1) is 5.92 Å². The first-order valence-electron chi connectivity index (χ1n) is 5.06. The van der Waals surface area contributed by atoms with Gasteiger partial charge in [-0.1, -0.05) is 19.8 Å². The summed E-state index contributed by atoms with van der Waals surface area (Å²) in [6.07, 6.45) is 4.66. The Labute approximate surface area is 79.7 Å². The number of hydrogen-bond acceptors (Lipinski definition) is 2. The quantitative estimate of drug-likeness (QED) is 0.710. The van der Waals surface area contributed by atoms with E-state index in [0.29, 0.717) is 0 Å². The second-order valence-corrected chi connectivity index (χ2v) is 4.02. The monoisotopic (exact) mass is 185 g/mol. The molecule has 0 bridgehead atoms. The van der Waals surface area contributed by atoms with E-state index in [2.05, 4.69) is 4.90 Å². The fraction of sp³-hybridized carbons (Fsp3) is 0.900. The fourth-order valence-electron chi connectivity index (χ4n) is 2.07. The van der Waals surface area contributed by atoms with Gasteiger partial charge in [0.2, 0.25) is 0 Å². The van der Waals surface area contributed by atoms with E-state index in [0.717, 1.165) is 13.0 Å². The van der Waals surface area contributed by atoms with Crippen LogP contribution in [-0.2, 0) is 4.79 Å². The summed E-state index contributed by atoms with van der Waals surface area (Å²) >= 11 is 0. The van der Waals surface area contributed by atoms with E-state index in [9.17, 15) is 4.79 Å². The number of carboxylic acids is 1. The minimum Gasteiger partial charge on any atom is -0.481 e. The Hall–Kier alpha value is -0.570. The van der Waals surface area contributed by atoms with Crippen molar-refractivity contribution in [3.63, 3.8) is 0 Å². The second kappa shape index (κ2) is 4.61. The highest BCUT2D eigenvalue weighted by Crippen LogP contribution is 2.21. The molecule has 0 aromatic heterocycles. The van der Waals surface area contributed by atoms with Crippen molar-refractivity contribution in [2.75, 3.05) is 13.6 Å². The summed E-state index contributed by atoms with van der Waals surface area (Å²) in [7, 11) is 2.04. The van der Waals surface area contributed by atoms with Gasteiger partial charge in [-0.25, -0.2) is 0 Å². The van der Waals surface area contributed by atoms with E-state index in [-0.39, 0.29) is 12.0 Å². The van der Waals surface area contributed by atoms with Crippen molar-refractivity contribution < 1.29 is 9.90 Å². The topological polar surface area (TPSA) is 40.5 Å². The van der Waals surface area contributed by atoms with Gasteiger partial charge in [-0.2, -0.15) is 0 Å². The van der Waals surface area contributed by atoms with Crippen LogP contribution in [0.3, 0.4) is 0 Å². The Morgan fingerprint density at radius 1 is 1.46 bits per heavy atom. The lowest BCUT2D eigenvalue weighted by atomic mass is 9.97. The third-order valence-corrected chi connectivity index (χ3v) is 3.04. The maximum absolute atomic E-state index is 10.8. The van der Waals surface area contributed by atoms with Gasteiger partial charge >= 0.3 is 5.97 Å². The molecular formula is C10H19NO2. The highest BCUT2D eigenvalue weighted by atomic mass is 16.4. The van der Waals surface area contributed by atoms with E-state index in [1.54, 1.807) is 0 Å². The highest BCUT2D eigenvalue weighted by Gasteiger charge is 2.27. The lowest BCUT2D eigenvalue weighted by Gasteiger charge is -2.28. The van der Waals surface area contributed by atoms with Crippen LogP contribution >= 0.6 is 0 Å². The molecule has 1 N–H and O–H groups in total. The molecule has 0 aromatic rings. The van der Waals surface area contributed by atoms with Gasteiger partial charge in [0.15, 0.2) is 0 Å². The maximum Gasteiger partial charge on any atom is 0.307 e. The van der Waals surface area contributed by atoms with Gasteiger partial charge in [-0.05, 0) is 26.4 Å². The molecule has 1 heterocycles. The Bertz CT molecular complexity index is 182. The average molecular weight is 185 g/mol. The van der Waals surface area contributed by atoms with Crippen molar-refractivity contribution in [3.05, 3.63) is 0 Å². The zero-order valence-corrected chi connectivity index (χ0v) is 8.49. The van der Waals surface area contributed by atoms with Crippen LogP contribution in [0.5, 0.6) is 0 Å². The molecule has 0 spiro atoms.